The Labute approximate surface area is 81.6 Å². The maximum Gasteiger partial charge on any atom is 0.101 e. The zero-order valence-corrected chi connectivity index (χ0v) is 7.28. The van der Waals surface area contributed by atoms with E-state index in [1.54, 1.807) is 12.1 Å². The molecular weight excluding hydrogens is 172 g/mol. The average molecular weight is 177 g/mol. The van der Waals surface area contributed by atoms with Crippen LogP contribution in [-0.4, -0.2) is 0 Å². The van der Waals surface area contributed by atoms with Crippen LogP contribution in [0.5, 0.6) is 0 Å². The third-order valence-electron chi connectivity index (χ3n) is 2.07. The number of hydrogen-bond donors (Lipinski definition) is 0. The normalized spacial score (nSPS) is 9.29. The second-order valence-electron chi connectivity index (χ2n) is 2.85. The van der Waals surface area contributed by atoms with E-state index in [0.29, 0.717) is 16.5 Å². The van der Waals surface area contributed by atoms with E-state index >= 15 is 0 Å². The summed E-state index contributed by atoms with van der Waals surface area (Å²) in [7, 11) is 0. The number of benzene rings is 2. The quantitative estimate of drug-likeness (QED) is 0.620. The van der Waals surface area contributed by atoms with Gasteiger partial charge in [-0.3, -0.25) is 0 Å². The van der Waals surface area contributed by atoms with Crippen LogP contribution in [0.3, 0.4) is 0 Å². The molecule has 0 bridgehead atoms. The molecule has 2 nitrogen and oxygen atoms in total. The summed E-state index contributed by atoms with van der Waals surface area (Å²) in [6.07, 6.45) is 0. The fourth-order valence-corrected chi connectivity index (χ4v) is 1.41. The molecule has 0 unspecified atom stereocenters. The maximum atomic E-state index is 8.93. The molecule has 2 aromatic carbocycles. The van der Waals surface area contributed by atoms with Gasteiger partial charge in [-0.15, -0.1) is 0 Å². The number of fused-ring (bicyclic) bond motifs is 1. The highest BCUT2D eigenvalue weighted by atomic mass is 14.3. The predicted octanol–water partition coefficient (Wildman–Crippen LogP) is 2.38. The molecular formula is C12H5N2. The molecule has 0 amide bonds. The molecule has 0 spiro atoms. The maximum absolute atomic E-state index is 8.93. The molecule has 1 radical (unpaired) electrons. The van der Waals surface area contributed by atoms with Crippen LogP contribution in [0.4, 0.5) is 0 Å². The predicted molar refractivity (Wildman–Crippen MR) is 52.2 cm³/mol. The summed E-state index contributed by atoms with van der Waals surface area (Å²) in [5.74, 6) is 0. The van der Waals surface area contributed by atoms with Gasteiger partial charge in [0.05, 0.1) is 11.1 Å². The molecule has 0 saturated heterocycles. The fraction of sp³-hybridized carbons (Fsp3) is 0. The first-order valence-electron chi connectivity index (χ1n) is 4.10. The monoisotopic (exact) mass is 177 g/mol. The van der Waals surface area contributed by atoms with Crippen molar-refractivity contribution in [1.82, 2.24) is 0 Å². The first kappa shape index (κ1) is 8.29. The minimum absolute atomic E-state index is 0.405. The zero-order valence-electron chi connectivity index (χ0n) is 7.28. The van der Waals surface area contributed by atoms with Crippen LogP contribution in [0.2, 0.25) is 0 Å². The molecule has 0 aromatic heterocycles. The minimum atomic E-state index is 0.405. The van der Waals surface area contributed by atoms with Crippen LogP contribution < -0.4 is 0 Å². The molecule has 0 aliphatic rings. The van der Waals surface area contributed by atoms with Gasteiger partial charge in [-0.25, -0.2) is 0 Å². The molecule has 0 saturated carbocycles. The summed E-state index contributed by atoms with van der Waals surface area (Å²) >= 11 is 0. The van der Waals surface area contributed by atoms with Crippen LogP contribution in [0.25, 0.3) is 10.8 Å². The first-order chi connectivity index (χ1) is 6.86. The van der Waals surface area contributed by atoms with Crippen molar-refractivity contribution >= 4 is 10.8 Å². The molecule has 0 aliphatic heterocycles. The molecule has 63 valence electrons. The van der Waals surface area contributed by atoms with Gasteiger partial charge in [-0.1, -0.05) is 24.3 Å². The van der Waals surface area contributed by atoms with Gasteiger partial charge in [-0.2, -0.15) is 10.5 Å². The highest BCUT2D eigenvalue weighted by Crippen LogP contribution is 2.20. The smallest absolute Gasteiger partial charge is 0.101 e. The largest absolute Gasteiger partial charge is 0.192 e. The van der Waals surface area contributed by atoms with E-state index in [2.05, 4.69) is 6.07 Å². The molecule has 2 heteroatoms. The van der Waals surface area contributed by atoms with E-state index in [1.807, 2.05) is 30.3 Å². The second-order valence-corrected chi connectivity index (χ2v) is 2.85. The summed E-state index contributed by atoms with van der Waals surface area (Å²) in [5, 5.41) is 19.4. The van der Waals surface area contributed by atoms with Crippen LogP contribution in [-0.2, 0) is 0 Å². The van der Waals surface area contributed by atoms with Crippen molar-refractivity contribution in [2.24, 2.45) is 0 Å². The molecule has 14 heavy (non-hydrogen) atoms. The van der Waals surface area contributed by atoms with Gasteiger partial charge in [-0.05, 0) is 17.5 Å². The Balaban J connectivity index is 2.94. The van der Waals surface area contributed by atoms with Crippen LogP contribution in [0, 0.1) is 28.7 Å². The fourth-order valence-electron chi connectivity index (χ4n) is 1.41. The molecule has 0 aliphatic carbocycles. The lowest BCUT2D eigenvalue weighted by Gasteiger charge is -1.99. The lowest BCUT2D eigenvalue weighted by Crippen LogP contribution is -1.85. The topological polar surface area (TPSA) is 47.6 Å². The van der Waals surface area contributed by atoms with E-state index < -0.39 is 0 Å². The zero-order chi connectivity index (χ0) is 9.97. The average Bonchev–Trinajstić information content (AvgIpc) is 2.27. The SMILES string of the molecule is N#Cc1ccc2ccc[c]c2c1C#N. The molecule has 2 rings (SSSR count). The van der Waals surface area contributed by atoms with Crippen molar-refractivity contribution in [3.8, 4) is 12.1 Å². The number of nitrogens with zero attached hydrogens (tertiary/aromatic N) is 2. The van der Waals surface area contributed by atoms with Gasteiger partial charge >= 0.3 is 0 Å². The van der Waals surface area contributed by atoms with Crippen LogP contribution in [0.15, 0.2) is 30.3 Å². The van der Waals surface area contributed by atoms with Gasteiger partial charge in [0.1, 0.15) is 12.1 Å². The van der Waals surface area contributed by atoms with Gasteiger partial charge in [0.15, 0.2) is 0 Å². The van der Waals surface area contributed by atoms with Crippen molar-refractivity contribution < 1.29 is 0 Å². The van der Waals surface area contributed by atoms with E-state index in [0.717, 1.165) is 5.39 Å². The van der Waals surface area contributed by atoms with Crippen molar-refractivity contribution in [1.29, 1.82) is 10.5 Å². The third kappa shape index (κ3) is 1.11. The minimum Gasteiger partial charge on any atom is -0.192 e. The Morgan fingerprint density at radius 1 is 1.07 bits per heavy atom. The van der Waals surface area contributed by atoms with Gasteiger partial charge in [0.25, 0.3) is 0 Å². The van der Waals surface area contributed by atoms with Crippen LogP contribution >= 0.6 is 0 Å². The number of rotatable bonds is 0. The Morgan fingerprint density at radius 3 is 2.64 bits per heavy atom. The van der Waals surface area contributed by atoms with Crippen molar-refractivity contribution in [2.75, 3.05) is 0 Å². The Kier molecular flexibility index (Phi) is 1.89. The summed E-state index contributed by atoms with van der Waals surface area (Å²) in [6.45, 7) is 0. The number of hydrogen-bond acceptors (Lipinski definition) is 2. The summed E-state index contributed by atoms with van der Waals surface area (Å²) in [6, 6.07) is 16.0. The van der Waals surface area contributed by atoms with Crippen molar-refractivity contribution in [2.45, 2.75) is 0 Å². The first-order valence-corrected chi connectivity index (χ1v) is 4.10. The van der Waals surface area contributed by atoms with Crippen LogP contribution in [0.1, 0.15) is 11.1 Å². The summed E-state index contributed by atoms with van der Waals surface area (Å²) in [5.41, 5.74) is 0.813. The Bertz CT molecular complexity index is 571. The summed E-state index contributed by atoms with van der Waals surface area (Å²) in [4.78, 5) is 0. The molecule has 0 heterocycles. The van der Waals surface area contributed by atoms with Crippen molar-refractivity contribution in [3.63, 3.8) is 0 Å². The van der Waals surface area contributed by atoms with E-state index in [-0.39, 0.29) is 0 Å². The standard InChI is InChI=1S/C12H5N2/c13-7-10-6-5-9-3-1-2-4-11(9)12(10)8-14/h1-3,5-6H. The second kappa shape index (κ2) is 3.20. The lowest BCUT2D eigenvalue weighted by atomic mass is 10.0. The highest BCUT2D eigenvalue weighted by molar-refractivity contribution is 5.89. The van der Waals surface area contributed by atoms with E-state index in [9.17, 15) is 0 Å². The van der Waals surface area contributed by atoms with E-state index in [4.69, 9.17) is 10.5 Å². The third-order valence-corrected chi connectivity index (χ3v) is 2.07. The molecule has 0 N–H and O–H groups in total. The van der Waals surface area contributed by atoms with Crippen molar-refractivity contribution in [3.05, 3.63) is 47.5 Å². The molecule has 0 fully saturated rings. The van der Waals surface area contributed by atoms with E-state index in [1.165, 1.54) is 0 Å². The highest BCUT2D eigenvalue weighted by Gasteiger charge is 2.05. The van der Waals surface area contributed by atoms with Gasteiger partial charge in [0, 0.05) is 5.39 Å². The Morgan fingerprint density at radius 2 is 1.93 bits per heavy atom. The van der Waals surface area contributed by atoms with Gasteiger partial charge in [0.2, 0.25) is 0 Å². The number of nitriles is 2. The summed E-state index contributed by atoms with van der Waals surface area (Å²) < 4.78 is 0. The van der Waals surface area contributed by atoms with Gasteiger partial charge < -0.3 is 0 Å². The molecule has 0 atom stereocenters. The molecule has 2 aromatic rings. The Hall–Kier alpha value is -2.32. The lowest BCUT2D eigenvalue weighted by molar-refractivity contribution is 1.45.